The molecule has 0 saturated heterocycles. The fourth-order valence-electron chi connectivity index (χ4n) is 2.12. The first-order chi connectivity index (χ1) is 12.1. The first kappa shape index (κ1) is 17.1. The van der Waals surface area contributed by atoms with Crippen LogP contribution in [-0.4, -0.2) is 6.03 Å². The van der Waals surface area contributed by atoms with E-state index in [0.717, 1.165) is 0 Å². The smallest absolute Gasteiger partial charge is 0.323 e. The van der Waals surface area contributed by atoms with E-state index in [2.05, 4.69) is 10.6 Å². The summed E-state index contributed by atoms with van der Waals surface area (Å²) < 4.78 is 5.81. The number of carbonyl (C=O) groups is 1. The molecule has 0 heterocycles. The summed E-state index contributed by atoms with van der Waals surface area (Å²) in [5, 5.41) is 6.55. The van der Waals surface area contributed by atoms with E-state index >= 15 is 0 Å². The third-order valence-electron chi connectivity index (χ3n) is 3.26. The third-order valence-corrected chi connectivity index (χ3v) is 3.75. The summed E-state index contributed by atoms with van der Waals surface area (Å²) in [4.78, 5) is 12.2. The number of halogens is 2. The maximum atomic E-state index is 12.2. The molecule has 3 aromatic carbocycles. The van der Waals surface area contributed by atoms with Gasteiger partial charge in [-0.25, -0.2) is 4.79 Å². The molecule has 0 bridgehead atoms. The van der Waals surface area contributed by atoms with E-state index in [0.29, 0.717) is 32.9 Å². The average Bonchev–Trinajstić information content (AvgIpc) is 2.60. The molecule has 0 aliphatic rings. The molecule has 0 saturated carbocycles. The van der Waals surface area contributed by atoms with Gasteiger partial charge in [-0.3, -0.25) is 0 Å². The van der Waals surface area contributed by atoms with Gasteiger partial charge in [0.15, 0.2) is 5.75 Å². The molecule has 4 nitrogen and oxygen atoms in total. The van der Waals surface area contributed by atoms with Gasteiger partial charge in [-0.05, 0) is 54.6 Å². The number of urea groups is 1. The number of hydrogen-bond acceptors (Lipinski definition) is 2. The molecule has 0 aliphatic heterocycles. The average molecular weight is 373 g/mol. The number of para-hydroxylation sites is 1. The highest BCUT2D eigenvalue weighted by atomic mass is 35.5. The number of hydrogen-bond donors (Lipinski definition) is 2. The van der Waals surface area contributed by atoms with Crippen molar-refractivity contribution in [1.29, 1.82) is 0 Å². The molecule has 0 spiro atoms. The van der Waals surface area contributed by atoms with Gasteiger partial charge in [-0.2, -0.15) is 0 Å². The van der Waals surface area contributed by atoms with Gasteiger partial charge in [0.25, 0.3) is 0 Å². The molecule has 25 heavy (non-hydrogen) atoms. The molecule has 0 aromatic heterocycles. The highest BCUT2D eigenvalue weighted by molar-refractivity contribution is 6.31. The highest BCUT2D eigenvalue weighted by Crippen LogP contribution is 2.32. The van der Waals surface area contributed by atoms with Crippen LogP contribution < -0.4 is 15.4 Å². The Kier molecular flexibility index (Phi) is 5.43. The lowest BCUT2D eigenvalue weighted by atomic mass is 10.3. The Labute approximate surface area is 155 Å². The van der Waals surface area contributed by atoms with Crippen LogP contribution in [0, 0.1) is 0 Å². The Bertz CT molecular complexity index is 868. The predicted molar refractivity (Wildman–Crippen MR) is 102 cm³/mol. The molecule has 0 atom stereocenters. The normalized spacial score (nSPS) is 10.2. The molecular formula is C19H14Cl2N2O2. The van der Waals surface area contributed by atoms with Crippen molar-refractivity contribution < 1.29 is 9.53 Å². The van der Waals surface area contributed by atoms with Crippen LogP contribution in [0.2, 0.25) is 10.0 Å². The summed E-state index contributed by atoms with van der Waals surface area (Å²) >= 11 is 11.9. The van der Waals surface area contributed by atoms with E-state index in [-0.39, 0.29) is 0 Å². The lowest BCUT2D eigenvalue weighted by Crippen LogP contribution is -2.19. The van der Waals surface area contributed by atoms with Crippen LogP contribution >= 0.6 is 23.2 Å². The Hall–Kier alpha value is -2.69. The molecule has 2 N–H and O–H groups in total. The van der Waals surface area contributed by atoms with Crippen LogP contribution in [0.3, 0.4) is 0 Å². The number of anilines is 2. The van der Waals surface area contributed by atoms with Gasteiger partial charge in [0.1, 0.15) is 5.75 Å². The van der Waals surface area contributed by atoms with E-state index in [1.165, 1.54) is 0 Å². The van der Waals surface area contributed by atoms with Crippen molar-refractivity contribution in [1.82, 2.24) is 0 Å². The van der Waals surface area contributed by atoms with Crippen molar-refractivity contribution in [3.8, 4) is 11.5 Å². The SMILES string of the molecule is O=C(Nc1ccc(Cl)cc1)Nc1cc(Cl)ccc1Oc1ccccc1. The van der Waals surface area contributed by atoms with E-state index < -0.39 is 6.03 Å². The zero-order chi connectivity index (χ0) is 17.6. The van der Waals surface area contributed by atoms with E-state index in [4.69, 9.17) is 27.9 Å². The van der Waals surface area contributed by atoms with Crippen molar-refractivity contribution in [3.63, 3.8) is 0 Å². The van der Waals surface area contributed by atoms with Gasteiger partial charge >= 0.3 is 6.03 Å². The van der Waals surface area contributed by atoms with Gasteiger partial charge in [0, 0.05) is 15.7 Å². The second-order valence-electron chi connectivity index (χ2n) is 5.14. The standard InChI is InChI=1S/C19H14Cl2N2O2/c20-13-6-9-15(10-7-13)22-19(24)23-17-12-14(21)8-11-18(17)25-16-4-2-1-3-5-16/h1-12H,(H2,22,23,24). The topological polar surface area (TPSA) is 50.4 Å². The predicted octanol–water partition coefficient (Wildman–Crippen LogP) is 6.43. The lowest BCUT2D eigenvalue weighted by molar-refractivity contribution is 0.262. The Balaban J connectivity index is 1.75. The Morgan fingerprint density at radius 1 is 0.800 bits per heavy atom. The van der Waals surface area contributed by atoms with Crippen molar-refractivity contribution in [2.75, 3.05) is 10.6 Å². The highest BCUT2D eigenvalue weighted by Gasteiger charge is 2.10. The molecule has 0 aliphatic carbocycles. The molecule has 6 heteroatoms. The number of ether oxygens (including phenoxy) is 1. The second kappa shape index (κ2) is 7.92. The number of amides is 2. The Morgan fingerprint density at radius 3 is 2.20 bits per heavy atom. The van der Waals surface area contributed by atoms with Gasteiger partial charge in [-0.15, -0.1) is 0 Å². The minimum absolute atomic E-state index is 0.414. The van der Waals surface area contributed by atoms with Gasteiger partial charge in [0.2, 0.25) is 0 Å². The molecule has 3 aromatic rings. The van der Waals surface area contributed by atoms with Crippen molar-refractivity contribution >= 4 is 40.6 Å². The van der Waals surface area contributed by atoms with Crippen LogP contribution in [0.4, 0.5) is 16.2 Å². The summed E-state index contributed by atoms with van der Waals surface area (Å²) in [6.45, 7) is 0. The minimum Gasteiger partial charge on any atom is -0.455 e. The molecule has 2 amide bonds. The molecule has 0 unspecified atom stereocenters. The van der Waals surface area contributed by atoms with Crippen LogP contribution in [0.25, 0.3) is 0 Å². The zero-order valence-electron chi connectivity index (χ0n) is 13.0. The van der Waals surface area contributed by atoms with E-state index in [9.17, 15) is 4.79 Å². The summed E-state index contributed by atoms with van der Waals surface area (Å²) in [6.07, 6.45) is 0. The summed E-state index contributed by atoms with van der Waals surface area (Å²) in [5.74, 6) is 1.15. The van der Waals surface area contributed by atoms with E-state index in [1.54, 1.807) is 42.5 Å². The van der Waals surface area contributed by atoms with Crippen molar-refractivity contribution in [2.24, 2.45) is 0 Å². The van der Waals surface area contributed by atoms with Gasteiger partial charge < -0.3 is 15.4 Å². The quantitative estimate of drug-likeness (QED) is 0.554. The summed E-state index contributed by atoms with van der Waals surface area (Å²) in [7, 11) is 0. The maximum Gasteiger partial charge on any atom is 0.323 e. The van der Waals surface area contributed by atoms with Crippen molar-refractivity contribution in [2.45, 2.75) is 0 Å². The van der Waals surface area contributed by atoms with Crippen molar-refractivity contribution in [3.05, 3.63) is 82.8 Å². The summed E-state index contributed by atoms with van der Waals surface area (Å²) in [6, 6.07) is 20.7. The first-order valence-corrected chi connectivity index (χ1v) is 8.22. The number of nitrogens with one attached hydrogen (secondary N) is 2. The Morgan fingerprint density at radius 2 is 1.48 bits per heavy atom. The monoisotopic (exact) mass is 372 g/mol. The van der Waals surface area contributed by atoms with Gasteiger partial charge in [-0.1, -0.05) is 41.4 Å². The second-order valence-corrected chi connectivity index (χ2v) is 6.01. The van der Waals surface area contributed by atoms with Gasteiger partial charge in [0.05, 0.1) is 5.69 Å². The van der Waals surface area contributed by atoms with Crippen LogP contribution in [0.5, 0.6) is 11.5 Å². The van der Waals surface area contributed by atoms with Crippen LogP contribution in [-0.2, 0) is 0 Å². The summed E-state index contributed by atoms with van der Waals surface area (Å²) in [5.41, 5.74) is 1.08. The van der Waals surface area contributed by atoms with E-state index in [1.807, 2.05) is 30.3 Å². The maximum absolute atomic E-state index is 12.2. The number of benzene rings is 3. The molecule has 126 valence electrons. The fourth-order valence-corrected chi connectivity index (χ4v) is 2.42. The van der Waals surface area contributed by atoms with Crippen LogP contribution in [0.1, 0.15) is 0 Å². The first-order valence-electron chi connectivity index (χ1n) is 7.46. The zero-order valence-corrected chi connectivity index (χ0v) is 14.5. The van der Waals surface area contributed by atoms with Crippen LogP contribution in [0.15, 0.2) is 72.8 Å². The molecule has 3 rings (SSSR count). The fraction of sp³-hybridized carbons (Fsp3) is 0. The molecule has 0 radical (unpaired) electrons. The molecular weight excluding hydrogens is 359 g/mol. The number of rotatable bonds is 4. The minimum atomic E-state index is -0.414. The molecule has 0 fully saturated rings. The lowest BCUT2D eigenvalue weighted by Gasteiger charge is -2.13. The third kappa shape index (κ3) is 4.89. The largest absolute Gasteiger partial charge is 0.455 e. The number of carbonyl (C=O) groups excluding carboxylic acids is 1.